The van der Waals surface area contributed by atoms with Crippen molar-refractivity contribution in [2.75, 3.05) is 12.4 Å². The molecule has 0 saturated heterocycles. The average Bonchev–Trinajstić information content (AvgIpc) is 2.46. The zero-order chi connectivity index (χ0) is 14.5. The van der Waals surface area contributed by atoms with Crippen LogP contribution in [0.1, 0.15) is 23.7 Å². The quantitative estimate of drug-likeness (QED) is 0.880. The van der Waals surface area contributed by atoms with Gasteiger partial charge in [-0.05, 0) is 42.7 Å². The molecule has 20 heavy (non-hydrogen) atoms. The summed E-state index contributed by atoms with van der Waals surface area (Å²) in [4.78, 5) is 14.8. The highest BCUT2D eigenvalue weighted by Gasteiger charge is 2.04. The predicted octanol–water partition coefficient (Wildman–Crippen LogP) is 2.87. The molecule has 2 rings (SSSR count). The van der Waals surface area contributed by atoms with E-state index in [-0.39, 0.29) is 5.56 Å². The lowest BCUT2D eigenvalue weighted by atomic mass is 10.1. The summed E-state index contributed by atoms with van der Waals surface area (Å²) in [5.74, 6) is 0.816. The first-order valence-corrected chi connectivity index (χ1v) is 6.73. The zero-order valence-electron chi connectivity index (χ0n) is 12.1. The van der Waals surface area contributed by atoms with Crippen LogP contribution in [0.5, 0.6) is 5.75 Å². The van der Waals surface area contributed by atoms with Gasteiger partial charge in [0.2, 0.25) is 0 Å². The van der Waals surface area contributed by atoms with Gasteiger partial charge in [-0.2, -0.15) is 0 Å². The second-order valence-corrected chi connectivity index (χ2v) is 4.72. The van der Waals surface area contributed by atoms with Gasteiger partial charge in [-0.1, -0.05) is 19.1 Å². The maximum atomic E-state index is 11.9. The number of rotatable bonds is 5. The number of methoxy groups -OCH3 is 1. The standard InChI is InChI=1S/C16H20N2O2/c1-4-13-9-15(16(19)18-11(13)2)17-10-12-6-5-7-14(8-12)20-3/h5-9,17H,4,10H2,1-3H3,(H,18,19). The molecule has 1 aromatic heterocycles. The minimum Gasteiger partial charge on any atom is -0.497 e. The Hall–Kier alpha value is -2.23. The lowest BCUT2D eigenvalue weighted by Gasteiger charge is -2.10. The molecule has 0 aliphatic heterocycles. The van der Waals surface area contributed by atoms with Crippen LogP contribution in [0.2, 0.25) is 0 Å². The number of pyridine rings is 1. The van der Waals surface area contributed by atoms with Crippen molar-refractivity contribution in [2.45, 2.75) is 26.8 Å². The van der Waals surface area contributed by atoms with E-state index in [0.29, 0.717) is 12.2 Å². The summed E-state index contributed by atoms with van der Waals surface area (Å²) in [6.45, 7) is 4.59. The van der Waals surface area contributed by atoms with Crippen molar-refractivity contribution in [1.29, 1.82) is 0 Å². The van der Waals surface area contributed by atoms with Crippen LogP contribution in [0.4, 0.5) is 5.69 Å². The van der Waals surface area contributed by atoms with Gasteiger partial charge in [-0.3, -0.25) is 4.79 Å². The number of anilines is 1. The molecular formula is C16H20N2O2. The van der Waals surface area contributed by atoms with Crippen molar-refractivity contribution in [3.8, 4) is 5.75 Å². The van der Waals surface area contributed by atoms with Crippen LogP contribution in [-0.2, 0) is 13.0 Å². The SMILES string of the molecule is CCc1cc(NCc2cccc(OC)c2)c(=O)[nH]c1C. The van der Waals surface area contributed by atoms with Crippen molar-refractivity contribution in [1.82, 2.24) is 4.98 Å². The second kappa shape index (κ2) is 6.28. The monoisotopic (exact) mass is 272 g/mol. The third kappa shape index (κ3) is 3.20. The van der Waals surface area contributed by atoms with E-state index < -0.39 is 0 Å². The molecule has 0 fully saturated rings. The summed E-state index contributed by atoms with van der Waals surface area (Å²) in [7, 11) is 1.64. The van der Waals surface area contributed by atoms with E-state index >= 15 is 0 Å². The summed E-state index contributed by atoms with van der Waals surface area (Å²) in [6.07, 6.45) is 0.899. The molecule has 0 radical (unpaired) electrons. The first-order chi connectivity index (χ1) is 9.63. The highest BCUT2D eigenvalue weighted by atomic mass is 16.5. The number of aromatic nitrogens is 1. The molecule has 1 heterocycles. The Bertz CT molecular complexity index is 647. The molecule has 2 aromatic rings. The fourth-order valence-electron chi connectivity index (χ4n) is 2.14. The Morgan fingerprint density at radius 3 is 2.80 bits per heavy atom. The summed E-state index contributed by atoms with van der Waals surface area (Å²) >= 11 is 0. The Morgan fingerprint density at radius 2 is 2.10 bits per heavy atom. The van der Waals surface area contributed by atoms with Gasteiger partial charge in [0.1, 0.15) is 11.4 Å². The number of hydrogen-bond donors (Lipinski definition) is 2. The fourth-order valence-corrected chi connectivity index (χ4v) is 2.14. The lowest BCUT2D eigenvalue weighted by molar-refractivity contribution is 0.414. The maximum absolute atomic E-state index is 11.9. The van der Waals surface area contributed by atoms with Crippen LogP contribution >= 0.6 is 0 Å². The van der Waals surface area contributed by atoms with Crippen molar-refractivity contribution in [3.05, 3.63) is 57.5 Å². The van der Waals surface area contributed by atoms with Gasteiger partial charge in [-0.15, -0.1) is 0 Å². The number of nitrogens with one attached hydrogen (secondary N) is 2. The van der Waals surface area contributed by atoms with Crippen LogP contribution in [0.3, 0.4) is 0 Å². The molecule has 0 amide bonds. The topological polar surface area (TPSA) is 54.1 Å². The smallest absolute Gasteiger partial charge is 0.271 e. The Labute approximate surface area is 118 Å². The van der Waals surface area contributed by atoms with Gasteiger partial charge >= 0.3 is 0 Å². The Morgan fingerprint density at radius 1 is 1.30 bits per heavy atom. The van der Waals surface area contributed by atoms with Crippen LogP contribution < -0.4 is 15.6 Å². The summed E-state index contributed by atoms with van der Waals surface area (Å²) in [6, 6.07) is 9.72. The van der Waals surface area contributed by atoms with Gasteiger partial charge in [0.05, 0.1) is 7.11 Å². The van der Waals surface area contributed by atoms with Crippen LogP contribution in [-0.4, -0.2) is 12.1 Å². The third-order valence-corrected chi connectivity index (χ3v) is 3.34. The Kier molecular flexibility index (Phi) is 4.45. The van der Waals surface area contributed by atoms with Crippen molar-refractivity contribution in [2.24, 2.45) is 0 Å². The molecule has 2 N–H and O–H groups in total. The van der Waals surface area contributed by atoms with Gasteiger partial charge in [0.25, 0.3) is 5.56 Å². The molecule has 4 nitrogen and oxygen atoms in total. The highest BCUT2D eigenvalue weighted by molar-refractivity contribution is 5.45. The minimum absolute atomic E-state index is 0.0809. The normalized spacial score (nSPS) is 10.3. The molecular weight excluding hydrogens is 252 g/mol. The van der Waals surface area contributed by atoms with E-state index in [1.54, 1.807) is 7.11 Å². The molecule has 1 aromatic carbocycles. The maximum Gasteiger partial charge on any atom is 0.271 e. The first-order valence-electron chi connectivity index (χ1n) is 6.73. The number of hydrogen-bond acceptors (Lipinski definition) is 3. The van der Waals surface area contributed by atoms with Crippen molar-refractivity contribution >= 4 is 5.69 Å². The number of aromatic amines is 1. The summed E-state index contributed by atoms with van der Waals surface area (Å²) in [5, 5.41) is 3.18. The van der Waals surface area contributed by atoms with E-state index in [0.717, 1.165) is 29.0 Å². The van der Waals surface area contributed by atoms with E-state index in [2.05, 4.69) is 17.2 Å². The lowest BCUT2D eigenvalue weighted by Crippen LogP contribution is -2.16. The minimum atomic E-state index is -0.0809. The average molecular weight is 272 g/mol. The molecule has 106 valence electrons. The largest absolute Gasteiger partial charge is 0.497 e. The molecule has 0 aliphatic rings. The third-order valence-electron chi connectivity index (χ3n) is 3.34. The number of benzene rings is 1. The van der Waals surface area contributed by atoms with Crippen LogP contribution in [0.25, 0.3) is 0 Å². The molecule has 0 spiro atoms. The van der Waals surface area contributed by atoms with E-state index in [1.165, 1.54) is 0 Å². The van der Waals surface area contributed by atoms with Gasteiger partial charge in [0.15, 0.2) is 0 Å². The second-order valence-electron chi connectivity index (χ2n) is 4.72. The zero-order valence-corrected chi connectivity index (χ0v) is 12.1. The van der Waals surface area contributed by atoms with Gasteiger partial charge < -0.3 is 15.0 Å². The van der Waals surface area contributed by atoms with E-state index in [9.17, 15) is 4.79 Å². The number of H-pyrrole nitrogens is 1. The highest BCUT2D eigenvalue weighted by Crippen LogP contribution is 2.14. The number of ether oxygens (including phenoxy) is 1. The molecule has 4 heteroatoms. The Balaban J connectivity index is 2.16. The van der Waals surface area contributed by atoms with Crippen LogP contribution in [0.15, 0.2) is 35.1 Å². The van der Waals surface area contributed by atoms with Gasteiger partial charge in [-0.25, -0.2) is 0 Å². The molecule has 0 atom stereocenters. The summed E-state index contributed by atoms with van der Waals surface area (Å²) in [5.41, 5.74) is 3.68. The number of aryl methyl sites for hydroxylation is 2. The first kappa shape index (κ1) is 14.2. The molecule has 0 saturated carbocycles. The molecule has 0 bridgehead atoms. The fraction of sp³-hybridized carbons (Fsp3) is 0.312. The van der Waals surface area contributed by atoms with Crippen molar-refractivity contribution in [3.63, 3.8) is 0 Å². The van der Waals surface area contributed by atoms with E-state index in [4.69, 9.17) is 4.74 Å². The molecule has 0 aliphatic carbocycles. The summed E-state index contributed by atoms with van der Waals surface area (Å²) < 4.78 is 5.19. The van der Waals surface area contributed by atoms with E-state index in [1.807, 2.05) is 37.3 Å². The van der Waals surface area contributed by atoms with Crippen LogP contribution in [0, 0.1) is 6.92 Å². The van der Waals surface area contributed by atoms with Gasteiger partial charge in [0, 0.05) is 12.2 Å². The van der Waals surface area contributed by atoms with Crippen molar-refractivity contribution < 1.29 is 4.74 Å². The molecule has 0 unspecified atom stereocenters. The predicted molar refractivity (Wildman–Crippen MR) is 81.5 cm³/mol.